The number of para-hydroxylation sites is 1. The maximum Gasteiger partial charge on any atom is 0.344 e. The summed E-state index contributed by atoms with van der Waals surface area (Å²) < 4.78 is 15.7. The van der Waals surface area contributed by atoms with Crippen LogP contribution >= 0.6 is 0 Å². The fourth-order valence-electron chi connectivity index (χ4n) is 1.99. The van der Waals surface area contributed by atoms with E-state index in [4.69, 9.17) is 14.2 Å². The molecule has 2 aromatic carbocycles. The lowest BCUT2D eigenvalue weighted by Crippen LogP contribution is -2.31. The Balaban J connectivity index is 1.76. The Kier molecular flexibility index (Phi) is 6.83. The van der Waals surface area contributed by atoms with E-state index >= 15 is 0 Å². The van der Waals surface area contributed by atoms with Crippen LogP contribution in [-0.4, -0.2) is 31.2 Å². The molecule has 1 atom stereocenters. The van der Waals surface area contributed by atoms with Crippen LogP contribution in [0, 0.1) is 0 Å². The van der Waals surface area contributed by atoms with Gasteiger partial charge in [-0.05, 0) is 50.2 Å². The van der Waals surface area contributed by atoms with Gasteiger partial charge in [0, 0.05) is 5.69 Å². The summed E-state index contributed by atoms with van der Waals surface area (Å²) in [4.78, 5) is 23.8. The third-order valence-electron chi connectivity index (χ3n) is 3.21. The number of ether oxygens (including phenoxy) is 3. The van der Waals surface area contributed by atoms with Gasteiger partial charge in [-0.15, -0.1) is 0 Å². The summed E-state index contributed by atoms with van der Waals surface area (Å²) in [6.07, 6.45) is -0.920. The molecule has 0 radical (unpaired) electrons. The maximum atomic E-state index is 12.0. The molecule has 0 heterocycles. The molecule has 2 rings (SSSR count). The van der Waals surface area contributed by atoms with Gasteiger partial charge < -0.3 is 19.5 Å². The molecular formula is C19H21NO5. The topological polar surface area (TPSA) is 73.9 Å². The average Bonchev–Trinajstić information content (AvgIpc) is 2.62. The van der Waals surface area contributed by atoms with Gasteiger partial charge in [-0.2, -0.15) is 0 Å². The van der Waals surface area contributed by atoms with Crippen molar-refractivity contribution in [2.75, 3.05) is 18.5 Å². The first-order valence-corrected chi connectivity index (χ1v) is 7.99. The number of esters is 1. The zero-order valence-corrected chi connectivity index (χ0v) is 14.2. The van der Waals surface area contributed by atoms with E-state index in [9.17, 15) is 9.59 Å². The van der Waals surface area contributed by atoms with E-state index in [1.807, 2.05) is 13.0 Å². The summed E-state index contributed by atoms with van der Waals surface area (Å²) in [7, 11) is 0. The summed E-state index contributed by atoms with van der Waals surface area (Å²) in [5.74, 6) is 0.218. The molecule has 0 aliphatic heterocycles. The van der Waals surface area contributed by atoms with Crippen molar-refractivity contribution in [3.8, 4) is 11.5 Å². The van der Waals surface area contributed by atoms with E-state index in [1.54, 1.807) is 48.5 Å². The summed E-state index contributed by atoms with van der Waals surface area (Å²) >= 11 is 0. The Morgan fingerprint density at radius 3 is 2.16 bits per heavy atom. The van der Waals surface area contributed by atoms with Gasteiger partial charge in [-0.25, -0.2) is 4.79 Å². The third kappa shape index (κ3) is 6.18. The molecule has 1 amide bonds. The highest BCUT2D eigenvalue weighted by molar-refractivity contribution is 5.95. The van der Waals surface area contributed by atoms with Gasteiger partial charge in [0.25, 0.3) is 5.91 Å². The Morgan fingerprint density at radius 2 is 1.56 bits per heavy atom. The van der Waals surface area contributed by atoms with E-state index in [-0.39, 0.29) is 6.61 Å². The summed E-state index contributed by atoms with van der Waals surface area (Å²) in [6, 6.07) is 15.8. The van der Waals surface area contributed by atoms with Crippen LogP contribution < -0.4 is 14.8 Å². The monoisotopic (exact) mass is 343 g/mol. The van der Waals surface area contributed by atoms with E-state index in [0.29, 0.717) is 18.0 Å². The van der Waals surface area contributed by atoms with Gasteiger partial charge in [-0.1, -0.05) is 18.2 Å². The molecule has 0 unspecified atom stereocenters. The largest absolute Gasteiger partial charge is 0.494 e. The minimum absolute atomic E-state index is 0.281. The molecule has 1 N–H and O–H groups in total. The normalized spacial score (nSPS) is 11.3. The molecule has 0 bridgehead atoms. The molecule has 25 heavy (non-hydrogen) atoms. The van der Waals surface area contributed by atoms with Crippen LogP contribution in [0.4, 0.5) is 5.69 Å². The maximum absolute atomic E-state index is 12.0. The van der Waals surface area contributed by atoms with Crippen molar-refractivity contribution >= 4 is 17.6 Å². The quantitative estimate of drug-likeness (QED) is 0.746. The van der Waals surface area contributed by atoms with E-state index in [1.165, 1.54) is 6.92 Å². The molecular weight excluding hydrogens is 322 g/mol. The highest BCUT2D eigenvalue weighted by Crippen LogP contribution is 2.17. The van der Waals surface area contributed by atoms with Gasteiger partial charge in [-0.3, -0.25) is 4.79 Å². The van der Waals surface area contributed by atoms with Crippen LogP contribution in [-0.2, 0) is 14.3 Å². The Bertz CT molecular complexity index is 685. The van der Waals surface area contributed by atoms with Crippen molar-refractivity contribution in [3.63, 3.8) is 0 Å². The molecule has 0 aromatic heterocycles. The standard InChI is InChI=1S/C19H21NO5/c1-3-23-16-9-11-17(12-10-16)24-13-18(21)25-14(2)19(22)20-15-7-5-4-6-8-15/h4-12,14H,3,13H2,1-2H3,(H,20,22)/t14-/m1/s1. The van der Waals surface area contributed by atoms with Crippen molar-refractivity contribution < 1.29 is 23.8 Å². The molecule has 2 aromatic rings. The number of benzene rings is 2. The van der Waals surface area contributed by atoms with Crippen molar-refractivity contribution in [2.45, 2.75) is 20.0 Å². The fourth-order valence-corrected chi connectivity index (χ4v) is 1.99. The summed E-state index contributed by atoms with van der Waals surface area (Å²) in [6.45, 7) is 3.70. The molecule has 6 nitrogen and oxygen atoms in total. The van der Waals surface area contributed by atoms with Crippen LogP contribution in [0.15, 0.2) is 54.6 Å². The minimum atomic E-state index is -0.920. The SMILES string of the molecule is CCOc1ccc(OCC(=O)O[C@H](C)C(=O)Nc2ccccc2)cc1. The molecule has 0 saturated carbocycles. The van der Waals surface area contributed by atoms with E-state index < -0.39 is 18.0 Å². The van der Waals surface area contributed by atoms with Gasteiger partial charge in [0.05, 0.1) is 6.61 Å². The van der Waals surface area contributed by atoms with Gasteiger partial charge in [0.2, 0.25) is 0 Å². The van der Waals surface area contributed by atoms with Crippen molar-refractivity contribution in [1.82, 2.24) is 0 Å². The molecule has 0 aliphatic carbocycles. The van der Waals surface area contributed by atoms with Crippen molar-refractivity contribution in [2.24, 2.45) is 0 Å². The first kappa shape index (κ1) is 18.3. The second-order valence-electron chi connectivity index (χ2n) is 5.18. The number of rotatable bonds is 8. The first-order chi connectivity index (χ1) is 12.1. The van der Waals surface area contributed by atoms with Crippen molar-refractivity contribution in [1.29, 1.82) is 0 Å². The lowest BCUT2D eigenvalue weighted by molar-refractivity contribution is -0.155. The predicted octanol–water partition coefficient (Wildman–Crippen LogP) is 3.03. The summed E-state index contributed by atoms with van der Waals surface area (Å²) in [5.41, 5.74) is 0.640. The first-order valence-electron chi connectivity index (χ1n) is 7.99. The number of anilines is 1. The number of nitrogens with one attached hydrogen (secondary N) is 1. The lowest BCUT2D eigenvalue weighted by atomic mass is 10.3. The second kappa shape index (κ2) is 9.32. The van der Waals surface area contributed by atoms with Crippen LogP contribution in [0.1, 0.15) is 13.8 Å². The van der Waals surface area contributed by atoms with Crippen LogP contribution in [0.2, 0.25) is 0 Å². The molecule has 0 saturated heterocycles. The number of amides is 1. The lowest BCUT2D eigenvalue weighted by Gasteiger charge is -2.14. The van der Waals surface area contributed by atoms with Gasteiger partial charge in [0.1, 0.15) is 11.5 Å². The Morgan fingerprint density at radius 1 is 0.960 bits per heavy atom. The van der Waals surface area contributed by atoms with E-state index in [2.05, 4.69) is 5.32 Å². The molecule has 132 valence electrons. The zero-order valence-electron chi connectivity index (χ0n) is 14.2. The second-order valence-corrected chi connectivity index (χ2v) is 5.18. The number of hydrogen-bond donors (Lipinski definition) is 1. The van der Waals surface area contributed by atoms with Crippen LogP contribution in [0.5, 0.6) is 11.5 Å². The van der Waals surface area contributed by atoms with Crippen molar-refractivity contribution in [3.05, 3.63) is 54.6 Å². The highest BCUT2D eigenvalue weighted by Gasteiger charge is 2.18. The van der Waals surface area contributed by atoms with E-state index in [0.717, 1.165) is 5.75 Å². The molecule has 6 heteroatoms. The van der Waals surface area contributed by atoms with Crippen LogP contribution in [0.25, 0.3) is 0 Å². The van der Waals surface area contributed by atoms with Gasteiger partial charge in [0.15, 0.2) is 12.7 Å². The number of carbonyl (C=O) groups excluding carboxylic acids is 2. The molecule has 0 fully saturated rings. The third-order valence-corrected chi connectivity index (χ3v) is 3.21. The Labute approximate surface area is 146 Å². The minimum Gasteiger partial charge on any atom is -0.494 e. The summed E-state index contributed by atoms with van der Waals surface area (Å²) in [5, 5.41) is 2.67. The van der Waals surface area contributed by atoms with Crippen LogP contribution in [0.3, 0.4) is 0 Å². The molecule has 0 spiro atoms. The highest BCUT2D eigenvalue weighted by atomic mass is 16.6. The fraction of sp³-hybridized carbons (Fsp3) is 0.263. The number of hydrogen-bond acceptors (Lipinski definition) is 5. The molecule has 0 aliphatic rings. The van der Waals surface area contributed by atoms with Gasteiger partial charge >= 0.3 is 5.97 Å². The zero-order chi connectivity index (χ0) is 18.1. The average molecular weight is 343 g/mol. The smallest absolute Gasteiger partial charge is 0.344 e. The Hall–Kier alpha value is -3.02. The predicted molar refractivity (Wildman–Crippen MR) is 93.7 cm³/mol. The number of carbonyl (C=O) groups is 2.